The molecule has 0 spiro atoms. The lowest BCUT2D eigenvalue weighted by Crippen LogP contribution is -2.46. The molecule has 1 N–H and O–H groups in total. The Bertz CT molecular complexity index is 545. The van der Waals surface area contributed by atoms with Crippen molar-refractivity contribution in [3.63, 3.8) is 0 Å². The Hall–Kier alpha value is -2.05. The molecule has 7 heteroatoms. The fourth-order valence-corrected chi connectivity index (χ4v) is 2.58. The number of likely N-dealkylation sites (tertiary alicyclic amines) is 1. The van der Waals surface area contributed by atoms with E-state index in [-0.39, 0.29) is 18.0 Å². The Morgan fingerprint density at radius 3 is 2.64 bits per heavy atom. The van der Waals surface area contributed by atoms with Crippen molar-refractivity contribution < 1.29 is 14.3 Å². The largest absolute Gasteiger partial charge is 0.449 e. The van der Waals surface area contributed by atoms with Crippen LogP contribution in [0.2, 0.25) is 0 Å². The normalized spacial score (nSPS) is 19.0. The molecule has 0 aromatic carbocycles. The number of rotatable bonds is 4. The third-order valence-electron chi connectivity index (χ3n) is 4.19. The van der Waals surface area contributed by atoms with Crippen molar-refractivity contribution in [3.8, 4) is 0 Å². The summed E-state index contributed by atoms with van der Waals surface area (Å²) in [5.74, 6) is 0.475. The van der Waals surface area contributed by atoms with E-state index >= 15 is 0 Å². The number of aromatic nitrogens is 2. The zero-order valence-corrected chi connectivity index (χ0v) is 12.8. The first kappa shape index (κ1) is 14.9. The van der Waals surface area contributed by atoms with Crippen LogP contribution in [-0.2, 0) is 11.8 Å². The molecule has 0 atom stereocenters. The molecule has 0 radical (unpaired) electrons. The first-order chi connectivity index (χ1) is 10.6. The zero-order valence-electron chi connectivity index (χ0n) is 12.8. The van der Waals surface area contributed by atoms with E-state index in [0.29, 0.717) is 31.2 Å². The predicted octanol–water partition coefficient (Wildman–Crippen LogP) is 1.16. The number of carbonyl (C=O) groups is 2. The van der Waals surface area contributed by atoms with Gasteiger partial charge in [-0.15, -0.1) is 0 Å². The monoisotopic (exact) mass is 306 g/mol. The van der Waals surface area contributed by atoms with Gasteiger partial charge in [-0.3, -0.25) is 9.48 Å². The summed E-state index contributed by atoms with van der Waals surface area (Å²) in [7, 11) is 1.78. The summed E-state index contributed by atoms with van der Waals surface area (Å²) in [6.45, 7) is 1.81. The number of aryl methyl sites for hydroxylation is 1. The molecule has 2 heterocycles. The van der Waals surface area contributed by atoms with Crippen LogP contribution >= 0.6 is 0 Å². The van der Waals surface area contributed by atoms with Gasteiger partial charge in [0.25, 0.3) is 5.91 Å². The first-order valence-corrected chi connectivity index (χ1v) is 7.83. The second kappa shape index (κ2) is 6.37. The second-order valence-corrected chi connectivity index (χ2v) is 6.16. The molecule has 22 heavy (non-hydrogen) atoms. The van der Waals surface area contributed by atoms with Gasteiger partial charge in [-0.2, -0.15) is 5.10 Å². The quantitative estimate of drug-likeness (QED) is 0.905. The average Bonchev–Trinajstić information content (AvgIpc) is 3.25. The maximum atomic E-state index is 12.1. The van der Waals surface area contributed by atoms with Crippen LogP contribution in [0.3, 0.4) is 0 Å². The molecule has 1 aromatic rings. The molecule has 2 amide bonds. The van der Waals surface area contributed by atoms with Crippen LogP contribution in [0.15, 0.2) is 12.4 Å². The van der Waals surface area contributed by atoms with E-state index in [1.807, 2.05) is 0 Å². The van der Waals surface area contributed by atoms with Crippen molar-refractivity contribution in [2.75, 3.05) is 19.7 Å². The molecule has 3 rings (SSSR count). The van der Waals surface area contributed by atoms with Crippen LogP contribution in [0.1, 0.15) is 36.0 Å². The van der Waals surface area contributed by atoms with Crippen LogP contribution < -0.4 is 5.32 Å². The van der Waals surface area contributed by atoms with Gasteiger partial charge in [-0.25, -0.2) is 4.79 Å². The van der Waals surface area contributed by atoms with Gasteiger partial charge in [0.05, 0.1) is 18.4 Å². The summed E-state index contributed by atoms with van der Waals surface area (Å²) in [4.78, 5) is 25.7. The maximum absolute atomic E-state index is 12.1. The Morgan fingerprint density at radius 1 is 1.32 bits per heavy atom. The SMILES string of the molecule is Cn1cc(C(=O)NC2CCN(C(=O)OCC3CC3)CC2)cn1. The minimum atomic E-state index is -0.219. The van der Waals surface area contributed by atoms with E-state index < -0.39 is 0 Å². The van der Waals surface area contributed by atoms with Gasteiger partial charge in [0, 0.05) is 32.4 Å². The minimum absolute atomic E-state index is 0.0974. The molecule has 1 aliphatic heterocycles. The smallest absolute Gasteiger partial charge is 0.409 e. The van der Waals surface area contributed by atoms with Crippen LogP contribution in [0.5, 0.6) is 0 Å². The number of nitrogens with zero attached hydrogens (tertiary/aromatic N) is 3. The zero-order chi connectivity index (χ0) is 15.5. The Kier molecular flexibility index (Phi) is 4.31. The van der Waals surface area contributed by atoms with Crippen molar-refractivity contribution in [3.05, 3.63) is 18.0 Å². The number of hydrogen-bond acceptors (Lipinski definition) is 4. The summed E-state index contributed by atoms with van der Waals surface area (Å²) in [5, 5.41) is 6.99. The van der Waals surface area contributed by atoms with E-state index in [4.69, 9.17) is 4.74 Å². The number of carbonyl (C=O) groups excluding carboxylic acids is 2. The lowest BCUT2D eigenvalue weighted by Gasteiger charge is -2.31. The lowest BCUT2D eigenvalue weighted by molar-refractivity contribution is 0.0822. The molecule has 2 aliphatic rings. The van der Waals surface area contributed by atoms with E-state index in [2.05, 4.69) is 10.4 Å². The highest BCUT2D eigenvalue weighted by molar-refractivity contribution is 5.93. The fourth-order valence-electron chi connectivity index (χ4n) is 2.58. The second-order valence-electron chi connectivity index (χ2n) is 6.16. The van der Waals surface area contributed by atoms with Gasteiger partial charge in [-0.1, -0.05) is 0 Å². The summed E-state index contributed by atoms with van der Waals surface area (Å²) in [6, 6.07) is 0.0974. The van der Waals surface area contributed by atoms with Gasteiger partial charge < -0.3 is 15.0 Å². The van der Waals surface area contributed by atoms with E-state index in [0.717, 1.165) is 12.8 Å². The highest BCUT2D eigenvalue weighted by Gasteiger charge is 2.27. The molecule has 1 saturated carbocycles. The molecule has 1 aliphatic carbocycles. The average molecular weight is 306 g/mol. The standard InChI is InChI=1S/C15H22N4O3/c1-18-9-12(8-16-18)14(20)17-13-4-6-19(7-5-13)15(21)22-10-11-2-3-11/h8-9,11,13H,2-7,10H2,1H3,(H,17,20). The third-order valence-corrected chi connectivity index (χ3v) is 4.19. The number of ether oxygens (including phenoxy) is 1. The van der Waals surface area contributed by atoms with Gasteiger partial charge in [0.1, 0.15) is 0 Å². The highest BCUT2D eigenvalue weighted by atomic mass is 16.6. The van der Waals surface area contributed by atoms with Crippen LogP contribution in [0.25, 0.3) is 0 Å². The van der Waals surface area contributed by atoms with Gasteiger partial charge in [0.15, 0.2) is 0 Å². The van der Waals surface area contributed by atoms with E-state index in [9.17, 15) is 9.59 Å². The predicted molar refractivity (Wildman–Crippen MR) is 79.3 cm³/mol. The van der Waals surface area contributed by atoms with Crippen LogP contribution in [-0.4, -0.2) is 52.4 Å². The molecule has 0 bridgehead atoms. The van der Waals surface area contributed by atoms with Crippen LogP contribution in [0.4, 0.5) is 4.79 Å². The van der Waals surface area contributed by atoms with Gasteiger partial charge in [-0.05, 0) is 31.6 Å². The lowest BCUT2D eigenvalue weighted by atomic mass is 10.1. The molecule has 0 unspecified atom stereocenters. The molecule has 1 saturated heterocycles. The maximum Gasteiger partial charge on any atom is 0.409 e. The molecule has 1 aromatic heterocycles. The molecule has 2 fully saturated rings. The van der Waals surface area contributed by atoms with Gasteiger partial charge in [0.2, 0.25) is 0 Å². The van der Waals surface area contributed by atoms with Crippen molar-refractivity contribution in [1.82, 2.24) is 20.0 Å². The summed E-state index contributed by atoms with van der Waals surface area (Å²) < 4.78 is 6.89. The number of hydrogen-bond donors (Lipinski definition) is 1. The highest BCUT2D eigenvalue weighted by Crippen LogP contribution is 2.29. The summed E-state index contributed by atoms with van der Waals surface area (Å²) in [6.07, 6.45) is 6.89. The molecular formula is C15H22N4O3. The van der Waals surface area contributed by atoms with Crippen molar-refractivity contribution in [2.24, 2.45) is 13.0 Å². The van der Waals surface area contributed by atoms with Crippen LogP contribution in [0, 0.1) is 5.92 Å². The molecule has 120 valence electrons. The van der Waals surface area contributed by atoms with Crippen molar-refractivity contribution in [1.29, 1.82) is 0 Å². The van der Waals surface area contributed by atoms with Crippen molar-refractivity contribution >= 4 is 12.0 Å². The molecular weight excluding hydrogens is 284 g/mol. The Morgan fingerprint density at radius 2 is 2.05 bits per heavy atom. The first-order valence-electron chi connectivity index (χ1n) is 7.83. The summed E-state index contributed by atoms with van der Waals surface area (Å²) in [5.41, 5.74) is 0.564. The summed E-state index contributed by atoms with van der Waals surface area (Å²) >= 11 is 0. The van der Waals surface area contributed by atoms with Gasteiger partial charge >= 0.3 is 6.09 Å². The van der Waals surface area contributed by atoms with Crippen molar-refractivity contribution in [2.45, 2.75) is 31.7 Å². The number of amides is 2. The Labute approximate surface area is 129 Å². The third kappa shape index (κ3) is 3.78. The Balaban J connectivity index is 1.41. The topological polar surface area (TPSA) is 76.5 Å². The number of nitrogens with one attached hydrogen (secondary N) is 1. The van der Waals surface area contributed by atoms with E-state index in [1.54, 1.807) is 29.0 Å². The fraction of sp³-hybridized carbons (Fsp3) is 0.667. The van der Waals surface area contributed by atoms with E-state index in [1.165, 1.54) is 12.8 Å². The number of piperidine rings is 1. The molecule has 7 nitrogen and oxygen atoms in total. The minimum Gasteiger partial charge on any atom is -0.449 e.